The number of ether oxygens (including phenoxy) is 2. The number of fused-ring (bicyclic) bond motifs is 1. The van der Waals surface area contributed by atoms with E-state index < -0.39 is 12.1 Å². The molecule has 2 aliphatic rings. The van der Waals surface area contributed by atoms with Gasteiger partial charge in [-0.3, -0.25) is 4.90 Å². The van der Waals surface area contributed by atoms with Crippen LogP contribution in [0.4, 0.5) is 19.1 Å². The summed E-state index contributed by atoms with van der Waals surface area (Å²) < 4.78 is 42.7. The Labute approximate surface area is 161 Å². The van der Waals surface area contributed by atoms with Crippen molar-refractivity contribution in [3.63, 3.8) is 0 Å². The standard InChI is InChI=1S/C15H24N4O2.C2HF3O2/c1-12-8-16-15(17-9-12)19-4-3-18-11-14(7-13(18)10-19)21-6-5-20-2;3-2(4,5)1(6)7/h8-9,13-14H,3-7,10-11H2,1-2H3;(H,6,7)/t13-,14+;/m0./s1. The second-order valence-electron chi connectivity index (χ2n) is 6.68. The topological polar surface area (TPSA) is 88.0 Å². The van der Waals surface area contributed by atoms with Gasteiger partial charge in [-0.05, 0) is 18.9 Å². The molecule has 0 saturated carbocycles. The van der Waals surface area contributed by atoms with E-state index in [2.05, 4.69) is 19.8 Å². The Kier molecular flexibility index (Phi) is 7.96. The highest BCUT2D eigenvalue weighted by Gasteiger charge is 2.38. The summed E-state index contributed by atoms with van der Waals surface area (Å²) >= 11 is 0. The first-order valence-electron chi connectivity index (χ1n) is 8.89. The Morgan fingerprint density at radius 2 is 1.89 bits per heavy atom. The van der Waals surface area contributed by atoms with Crippen molar-refractivity contribution in [3.8, 4) is 0 Å². The lowest BCUT2D eigenvalue weighted by atomic mass is 10.1. The van der Waals surface area contributed by atoms with Gasteiger partial charge in [0, 0.05) is 51.7 Å². The van der Waals surface area contributed by atoms with Crippen LogP contribution in [0.25, 0.3) is 0 Å². The van der Waals surface area contributed by atoms with Gasteiger partial charge in [0.15, 0.2) is 0 Å². The fourth-order valence-corrected chi connectivity index (χ4v) is 3.15. The average molecular weight is 406 g/mol. The number of halogens is 3. The summed E-state index contributed by atoms with van der Waals surface area (Å²) in [4.78, 5) is 22.6. The number of carboxylic acid groups (broad SMARTS) is 1. The first-order chi connectivity index (χ1) is 13.2. The molecule has 0 unspecified atom stereocenters. The molecule has 2 aliphatic heterocycles. The van der Waals surface area contributed by atoms with Gasteiger partial charge >= 0.3 is 12.1 Å². The molecule has 2 atom stereocenters. The van der Waals surface area contributed by atoms with Crippen LogP contribution in [0.3, 0.4) is 0 Å². The highest BCUT2D eigenvalue weighted by atomic mass is 19.4. The predicted molar refractivity (Wildman–Crippen MR) is 94.3 cm³/mol. The van der Waals surface area contributed by atoms with Gasteiger partial charge in [0.1, 0.15) is 0 Å². The number of alkyl halides is 3. The Bertz CT molecular complexity index is 630. The number of carbonyl (C=O) groups is 1. The molecular formula is C17H25F3N4O4. The Hall–Kier alpha value is -1.98. The normalized spacial score (nSPS) is 22.4. The quantitative estimate of drug-likeness (QED) is 0.734. The van der Waals surface area contributed by atoms with Gasteiger partial charge in [-0.2, -0.15) is 13.2 Å². The zero-order chi connectivity index (χ0) is 20.7. The summed E-state index contributed by atoms with van der Waals surface area (Å²) in [5, 5.41) is 7.12. The molecule has 0 aliphatic carbocycles. The van der Waals surface area contributed by atoms with Crippen molar-refractivity contribution in [1.29, 1.82) is 0 Å². The summed E-state index contributed by atoms with van der Waals surface area (Å²) in [6, 6.07) is 0.552. The number of hydrogen-bond acceptors (Lipinski definition) is 7. The van der Waals surface area contributed by atoms with Crippen molar-refractivity contribution in [2.24, 2.45) is 0 Å². The van der Waals surface area contributed by atoms with Gasteiger partial charge < -0.3 is 19.5 Å². The molecule has 0 spiro atoms. The Morgan fingerprint density at radius 1 is 1.25 bits per heavy atom. The van der Waals surface area contributed by atoms with E-state index in [4.69, 9.17) is 19.4 Å². The maximum atomic E-state index is 10.6. The van der Waals surface area contributed by atoms with Gasteiger partial charge in [0.25, 0.3) is 0 Å². The van der Waals surface area contributed by atoms with Crippen LogP contribution < -0.4 is 4.90 Å². The molecule has 0 aromatic carbocycles. The number of aromatic nitrogens is 2. The Balaban J connectivity index is 0.000000345. The highest BCUT2D eigenvalue weighted by Crippen LogP contribution is 2.25. The van der Waals surface area contributed by atoms with Crippen LogP contribution >= 0.6 is 0 Å². The van der Waals surface area contributed by atoms with Crippen molar-refractivity contribution in [2.75, 3.05) is 51.4 Å². The molecule has 3 rings (SSSR count). The SMILES string of the molecule is COCCO[C@@H]1C[C@H]2CN(c3ncc(C)cn3)CCN2C1.O=C(O)C(F)(F)F. The number of aryl methyl sites for hydroxylation is 1. The van der Waals surface area contributed by atoms with E-state index >= 15 is 0 Å². The lowest BCUT2D eigenvalue weighted by molar-refractivity contribution is -0.192. The molecule has 8 nitrogen and oxygen atoms in total. The van der Waals surface area contributed by atoms with Gasteiger partial charge in [-0.25, -0.2) is 14.8 Å². The summed E-state index contributed by atoms with van der Waals surface area (Å²) in [6.07, 6.45) is 0.121. The summed E-state index contributed by atoms with van der Waals surface area (Å²) in [7, 11) is 1.71. The van der Waals surface area contributed by atoms with Crippen molar-refractivity contribution >= 4 is 11.9 Å². The summed E-state index contributed by atoms with van der Waals surface area (Å²) in [5.41, 5.74) is 1.10. The van der Waals surface area contributed by atoms with Crippen LogP contribution in [0.1, 0.15) is 12.0 Å². The largest absolute Gasteiger partial charge is 0.490 e. The van der Waals surface area contributed by atoms with E-state index in [0.29, 0.717) is 25.4 Å². The molecule has 1 aromatic rings. The molecule has 158 valence electrons. The molecule has 11 heteroatoms. The lowest BCUT2D eigenvalue weighted by Gasteiger charge is -2.37. The van der Waals surface area contributed by atoms with E-state index in [1.54, 1.807) is 7.11 Å². The second kappa shape index (κ2) is 9.99. The molecule has 0 bridgehead atoms. The minimum absolute atomic E-state index is 0.337. The maximum Gasteiger partial charge on any atom is 0.490 e. The third-order valence-electron chi connectivity index (χ3n) is 4.51. The predicted octanol–water partition coefficient (Wildman–Crippen LogP) is 1.34. The number of aliphatic carboxylic acids is 1. The first kappa shape index (κ1) is 22.3. The van der Waals surface area contributed by atoms with Crippen LogP contribution in [-0.4, -0.2) is 90.8 Å². The fraction of sp³-hybridized carbons (Fsp3) is 0.706. The second-order valence-corrected chi connectivity index (χ2v) is 6.68. The van der Waals surface area contributed by atoms with E-state index in [1.807, 2.05) is 19.3 Å². The molecule has 0 amide bonds. The number of anilines is 1. The number of nitrogens with zero attached hydrogens (tertiary/aromatic N) is 4. The molecule has 1 N–H and O–H groups in total. The number of hydrogen-bond donors (Lipinski definition) is 1. The number of methoxy groups -OCH3 is 1. The van der Waals surface area contributed by atoms with Crippen molar-refractivity contribution in [2.45, 2.75) is 31.7 Å². The molecule has 28 heavy (non-hydrogen) atoms. The third-order valence-corrected chi connectivity index (χ3v) is 4.51. The molecule has 2 saturated heterocycles. The fourth-order valence-electron chi connectivity index (χ4n) is 3.15. The van der Waals surface area contributed by atoms with Gasteiger partial charge in [0.2, 0.25) is 5.95 Å². The van der Waals surface area contributed by atoms with E-state index in [1.165, 1.54) is 0 Å². The van der Waals surface area contributed by atoms with Crippen LogP contribution in [0, 0.1) is 6.92 Å². The molecule has 1 aromatic heterocycles. The molecular weight excluding hydrogens is 381 g/mol. The average Bonchev–Trinajstić information content (AvgIpc) is 3.04. The van der Waals surface area contributed by atoms with Crippen molar-refractivity contribution in [3.05, 3.63) is 18.0 Å². The van der Waals surface area contributed by atoms with E-state index in [-0.39, 0.29) is 0 Å². The summed E-state index contributed by atoms with van der Waals surface area (Å²) in [5.74, 6) is -1.91. The van der Waals surface area contributed by atoms with Crippen molar-refractivity contribution < 1.29 is 32.5 Å². The lowest BCUT2D eigenvalue weighted by Crippen LogP contribution is -2.50. The van der Waals surface area contributed by atoms with Gasteiger partial charge in [-0.15, -0.1) is 0 Å². The van der Waals surface area contributed by atoms with Crippen LogP contribution in [0.5, 0.6) is 0 Å². The van der Waals surface area contributed by atoms with E-state index in [9.17, 15) is 13.2 Å². The van der Waals surface area contributed by atoms with E-state index in [0.717, 1.165) is 44.1 Å². The molecule has 2 fully saturated rings. The van der Waals surface area contributed by atoms with Crippen LogP contribution in [0.15, 0.2) is 12.4 Å². The van der Waals surface area contributed by atoms with Gasteiger partial charge in [0.05, 0.1) is 19.3 Å². The smallest absolute Gasteiger partial charge is 0.475 e. The Morgan fingerprint density at radius 3 is 2.46 bits per heavy atom. The zero-order valence-electron chi connectivity index (χ0n) is 15.9. The first-order valence-corrected chi connectivity index (χ1v) is 8.89. The monoisotopic (exact) mass is 406 g/mol. The zero-order valence-corrected chi connectivity index (χ0v) is 15.9. The molecule has 3 heterocycles. The van der Waals surface area contributed by atoms with Crippen LogP contribution in [-0.2, 0) is 14.3 Å². The van der Waals surface area contributed by atoms with Crippen LogP contribution in [0.2, 0.25) is 0 Å². The number of rotatable bonds is 5. The number of carboxylic acids is 1. The van der Waals surface area contributed by atoms with Crippen molar-refractivity contribution in [1.82, 2.24) is 14.9 Å². The minimum atomic E-state index is -5.08. The minimum Gasteiger partial charge on any atom is -0.475 e. The number of piperazine rings is 1. The van der Waals surface area contributed by atoms with Gasteiger partial charge in [-0.1, -0.05) is 0 Å². The summed E-state index contributed by atoms with van der Waals surface area (Å²) in [6.45, 7) is 7.46. The maximum absolute atomic E-state index is 10.6. The third kappa shape index (κ3) is 6.57. The highest BCUT2D eigenvalue weighted by molar-refractivity contribution is 5.73. The molecule has 0 radical (unpaired) electrons.